The van der Waals surface area contributed by atoms with Gasteiger partial charge in [-0.1, -0.05) is 18.5 Å². The number of aromatic nitrogens is 2. The van der Waals surface area contributed by atoms with Crippen molar-refractivity contribution in [1.82, 2.24) is 9.97 Å². The molecule has 0 aliphatic rings. The Balaban J connectivity index is 2.11. The zero-order valence-electron chi connectivity index (χ0n) is 11.4. The summed E-state index contributed by atoms with van der Waals surface area (Å²) in [5, 5.41) is 6.37. The summed E-state index contributed by atoms with van der Waals surface area (Å²) in [5.41, 5.74) is 0.705. The van der Waals surface area contributed by atoms with Gasteiger partial charge in [0.25, 0.3) is 0 Å². The Labute approximate surface area is 130 Å². The van der Waals surface area contributed by atoms with Crippen LogP contribution in [0.15, 0.2) is 29.6 Å². The van der Waals surface area contributed by atoms with E-state index in [9.17, 15) is 4.39 Å². The van der Waals surface area contributed by atoms with Crippen molar-refractivity contribution in [2.45, 2.75) is 13.3 Å². The molecule has 3 rings (SSSR count). The van der Waals surface area contributed by atoms with Gasteiger partial charge in [0.1, 0.15) is 16.5 Å². The minimum absolute atomic E-state index is 0.0745. The summed E-state index contributed by atoms with van der Waals surface area (Å²) >= 11 is 7.39. The highest BCUT2D eigenvalue weighted by Crippen LogP contribution is 2.29. The molecule has 0 amide bonds. The van der Waals surface area contributed by atoms with Crippen LogP contribution in [-0.2, 0) is 0 Å². The standard InChI is InChI=1S/C15H13ClFN3S/c1-2-6-18-14-10-5-7-21-15(10)20-13(19-14)9-3-4-12(17)11(16)8-9/h3-5,7-8H,2,6H2,1H3,(H,18,19,20). The van der Waals surface area contributed by atoms with Crippen molar-refractivity contribution in [1.29, 1.82) is 0 Å². The van der Waals surface area contributed by atoms with Gasteiger partial charge in [-0.05, 0) is 36.1 Å². The summed E-state index contributed by atoms with van der Waals surface area (Å²) in [7, 11) is 0. The number of nitrogens with one attached hydrogen (secondary N) is 1. The van der Waals surface area contributed by atoms with Crippen molar-refractivity contribution in [3.05, 3.63) is 40.5 Å². The summed E-state index contributed by atoms with van der Waals surface area (Å²) in [6, 6.07) is 6.52. The van der Waals surface area contributed by atoms with Gasteiger partial charge in [-0.2, -0.15) is 0 Å². The number of rotatable bonds is 4. The first-order chi connectivity index (χ1) is 10.2. The highest BCUT2D eigenvalue weighted by Gasteiger charge is 2.11. The molecule has 0 radical (unpaired) electrons. The quantitative estimate of drug-likeness (QED) is 0.737. The molecule has 0 saturated heterocycles. The Bertz CT molecular complexity index is 788. The molecule has 0 saturated carbocycles. The van der Waals surface area contributed by atoms with Gasteiger partial charge in [-0.3, -0.25) is 0 Å². The van der Waals surface area contributed by atoms with E-state index < -0.39 is 5.82 Å². The van der Waals surface area contributed by atoms with Gasteiger partial charge in [-0.25, -0.2) is 14.4 Å². The van der Waals surface area contributed by atoms with Crippen molar-refractivity contribution >= 4 is 39.0 Å². The van der Waals surface area contributed by atoms with Gasteiger partial charge in [0, 0.05) is 12.1 Å². The lowest BCUT2D eigenvalue weighted by Gasteiger charge is -2.08. The molecular weight excluding hydrogens is 309 g/mol. The minimum Gasteiger partial charge on any atom is -0.369 e. The van der Waals surface area contributed by atoms with Gasteiger partial charge < -0.3 is 5.32 Å². The molecule has 1 N–H and O–H groups in total. The second-order valence-corrected chi connectivity index (χ2v) is 5.89. The van der Waals surface area contributed by atoms with Gasteiger partial charge in [-0.15, -0.1) is 11.3 Å². The lowest BCUT2D eigenvalue weighted by atomic mass is 10.2. The van der Waals surface area contributed by atoms with Crippen LogP contribution in [0.3, 0.4) is 0 Å². The van der Waals surface area contributed by atoms with Crippen LogP contribution in [-0.4, -0.2) is 16.5 Å². The molecule has 0 fully saturated rings. The number of hydrogen-bond acceptors (Lipinski definition) is 4. The van der Waals surface area contributed by atoms with Crippen molar-refractivity contribution < 1.29 is 4.39 Å². The third kappa shape index (κ3) is 2.84. The molecule has 0 atom stereocenters. The summed E-state index contributed by atoms with van der Waals surface area (Å²) in [4.78, 5) is 9.99. The Kier molecular flexibility index (Phi) is 4.03. The average Bonchev–Trinajstić information content (AvgIpc) is 2.96. The predicted octanol–water partition coefficient (Wildman–Crippen LogP) is 4.97. The largest absolute Gasteiger partial charge is 0.369 e. The Hall–Kier alpha value is -1.72. The van der Waals surface area contributed by atoms with Gasteiger partial charge in [0.05, 0.1) is 10.4 Å². The number of fused-ring (bicyclic) bond motifs is 1. The molecule has 0 spiro atoms. The SMILES string of the molecule is CCCNc1nc(-c2ccc(F)c(Cl)c2)nc2sccc12. The third-order valence-corrected chi connectivity index (χ3v) is 4.14. The molecule has 0 unspecified atom stereocenters. The summed E-state index contributed by atoms with van der Waals surface area (Å²) in [6.07, 6.45) is 1.01. The maximum Gasteiger partial charge on any atom is 0.163 e. The molecule has 0 bridgehead atoms. The van der Waals surface area contributed by atoms with E-state index in [2.05, 4.69) is 22.2 Å². The fourth-order valence-corrected chi connectivity index (χ4v) is 2.94. The first-order valence-electron chi connectivity index (χ1n) is 6.63. The highest BCUT2D eigenvalue weighted by molar-refractivity contribution is 7.16. The molecule has 21 heavy (non-hydrogen) atoms. The van der Waals surface area contributed by atoms with E-state index in [1.807, 2.05) is 11.4 Å². The van der Waals surface area contributed by atoms with Crippen LogP contribution in [0.5, 0.6) is 0 Å². The number of anilines is 1. The Morgan fingerprint density at radius 2 is 2.14 bits per heavy atom. The van der Waals surface area contributed by atoms with Crippen LogP contribution in [0, 0.1) is 5.82 Å². The van der Waals surface area contributed by atoms with Crippen molar-refractivity contribution in [3.8, 4) is 11.4 Å². The van der Waals surface area contributed by atoms with E-state index in [1.54, 1.807) is 23.5 Å². The molecular formula is C15H13ClFN3S. The number of thiophene rings is 1. The maximum absolute atomic E-state index is 13.3. The molecule has 2 heterocycles. The van der Waals surface area contributed by atoms with Crippen molar-refractivity contribution in [2.75, 3.05) is 11.9 Å². The minimum atomic E-state index is -0.443. The van der Waals surface area contributed by atoms with Crippen molar-refractivity contribution in [3.63, 3.8) is 0 Å². The molecule has 0 aliphatic heterocycles. The van der Waals surface area contributed by atoms with E-state index in [1.165, 1.54) is 6.07 Å². The second-order valence-electron chi connectivity index (χ2n) is 4.59. The molecule has 108 valence electrons. The number of nitrogens with zero attached hydrogens (tertiary/aromatic N) is 2. The van der Waals surface area contributed by atoms with E-state index in [-0.39, 0.29) is 5.02 Å². The van der Waals surface area contributed by atoms with Crippen LogP contribution in [0.25, 0.3) is 21.6 Å². The fraction of sp³-hybridized carbons (Fsp3) is 0.200. The molecule has 3 aromatic rings. The fourth-order valence-electron chi connectivity index (χ4n) is 2.00. The van der Waals surface area contributed by atoms with E-state index in [0.717, 1.165) is 29.0 Å². The molecule has 6 heteroatoms. The van der Waals surface area contributed by atoms with Gasteiger partial charge in [0.2, 0.25) is 0 Å². The summed E-state index contributed by atoms with van der Waals surface area (Å²) < 4.78 is 13.3. The van der Waals surface area contributed by atoms with Gasteiger partial charge >= 0.3 is 0 Å². The van der Waals surface area contributed by atoms with E-state index in [4.69, 9.17) is 11.6 Å². The van der Waals surface area contributed by atoms with E-state index in [0.29, 0.717) is 11.4 Å². The molecule has 2 aromatic heterocycles. The average molecular weight is 322 g/mol. The molecule has 0 aliphatic carbocycles. The van der Waals surface area contributed by atoms with Crippen LogP contribution >= 0.6 is 22.9 Å². The van der Waals surface area contributed by atoms with E-state index >= 15 is 0 Å². The lowest BCUT2D eigenvalue weighted by Crippen LogP contribution is -2.04. The zero-order chi connectivity index (χ0) is 14.8. The summed E-state index contributed by atoms with van der Waals surface area (Å²) in [6.45, 7) is 2.94. The number of benzene rings is 1. The van der Waals surface area contributed by atoms with Crippen LogP contribution < -0.4 is 5.32 Å². The molecule has 1 aromatic carbocycles. The first-order valence-corrected chi connectivity index (χ1v) is 7.89. The Morgan fingerprint density at radius 3 is 2.90 bits per heavy atom. The molecule has 3 nitrogen and oxygen atoms in total. The van der Waals surface area contributed by atoms with Crippen LogP contribution in [0.4, 0.5) is 10.2 Å². The second kappa shape index (κ2) is 5.95. The summed E-state index contributed by atoms with van der Waals surface area (Å²) in [5.74, 6) is 0.908. The van der Waals surface area contributed by atoms with Gasteiger partial charge in [0.15, 0.2) is 5.82 Å². The smallest absolute Gasteiger partial charge is 0.163 e. The Morgan fingerprint density at radius 1 is 1.29 bits per heavy atom. The number of halogens is 2. The third-order valence-electron chi connectivity index (χ3n) is 3.05. The lowest BCUT2D eigenvalue weighted by molar-refractivity contribution is 0.628. The maximum atomic E-state index is 13.3. The monoisotopic (exact) mass is 321 g/mol. The predicted molar refractivity (Wildman–Crippen MR) is 86.6 cm³/mol. The zero-order valence-corrected chi connectivity index (χ0v) is 12.9. The normalized spacial score (nSPS) is 11.0. The highest BCUT2D eigenvalue weighted by atomic mass is 35.5. The topological polar surface area (TPSA) is 37.8 Å². The van der Waals surface area contributed by atoms with Crippen LogP contribution in [0.2, 0.25) is 5.02 Å². The van der Waals surface area contributed by atoms with Crippen LogP contribution in [0.1, 0.15) is 13.3 Å². The first kappa shape index (κ1) is 14.2. The van der Waals surface area contributed by atoms with Crippen molar-refractivity contribution in [2.24, 2.45) is 0 Å². The number of hydrogen-bond donors (Lipinski definition) is 1.